The number of aromatic nitrogens is 1. The number of anilines is 1. The Kier molecular flexibility index (Phi) is 9.32. The lowest BCUT2D eigenvalue weighted by molar-refractivity contribution is 0.158. The van der Waals surface area contributed by atoms with Gasteiger partial charge in [0.15, 0.2) is 11.5 Å². The Morgan fingerprint density at radius 1 is 0.907 bits per heavy atom. The SMILES string of the molecule is O=C(NCC(c1ccc(-c2cccnc2)cc1)C1CCN(Cc2ccc3c(c2)OCCO3)CC1)Nc1cc(Cl)cc(Cl)c1. The first kappa shape index (κ1) is 29.3. The molecule has 43 heavy (non-hydrogen) atoms. The summed E-state index contributed by atoms with van der Waals surface area (Å²) in [5.41, 5.74) is 5.19. The molecule has 0 bridgehead atoms. The maximum atomic E-state index is 12.9. The number of carbonyl (C=O) groups is 1. The Bertz CT molecular complexity index is 1520. The van der Waals surface area contributed by atoms with Crippen LogP contribution in [0.1, 0.15) is 29.9 Å². The average Bonchev–Trinajstić information content (AvgIpc) is 3.02. The zero-order valence-corrected chi connectivity index (χ0v) is 25.3. The number of piperidine rings is 1. The van der Waals surface area contributed by atoms with Crippen LogP contribution in [0.2, 0.25) is 10.0 Å². The number of nitrogens with one attached hydrogen (secondary N) is 2. The van der Waals surface area contributed by atoms with Crippen molar-refractivity contribution in [1.29, 1.82) is 0 Å². The zero-order chi connectivity index (χ0) is 29.6. The molecule has 0 aliphatic carbocycles. The molecule has 0 radical (unpaired) electrons. The van der Waals surface area contributed by atoms with E-state index in [1.165, 1.54) is 11.1 Å². The molecule has 2 aliphatic rings. The molecule has 0 saturated carbocycles. The minimum absolute atomic E-state index is 0.160. The number of hydrogen-bond donors (Lipinski definition) is 2. The largest absolute Gasteiger partial charge is 0.486 e. The van der Waals surface area contributed by atoms with Gasteiger partial charge in [0.1, 0.15) is 13.2 Å². The van der Waals surface area contributed by atoms with Crippen LogP contribution in [-0.2, 0) is 6.54 Å². The Balaban J connectivity index is 1.13. The summed E-state index contributed by atoms with van der Waals surface area (Å²) < 4.78 is 11.5. The lowest BCUT2D eigenvalue weighted by Crippen LogP contribution is -2.39. The van der Waals surface area contributed by atoms with Crippen molar-refractivity contribution in [3.63, 3.8) is 0 Å². The molecule has 2 aliphatic heterocycles. The molecule has 3 aromatic carbocycles. The monoisotopic (exact) mass is 616 g/mol. The number of amides is 2. The van der Waals surface area contributed by atoms with Crippen LogP contribution in [0, 0.1) is 5.92 Å². The fourth-order valence-electron chi connectivity index (χ4n) is 5.97. The van der Waals surface area contributed by atoms with Crippen molar-refractivity contribution in [2.75, 3.05) is 38.2 Å². The Labute approximate surface area is 262 Å². The van der Waals surface area contributed by atoms with Gasteiger partial charge < -0.3 is 20.1 Å². The van der Waals surface area contributed by atoms with Gasteiger partial charge >= 0.3 is 6.03 Å². The maximum Gasteiger partial charge on any atom is 0.319 e. The molecule has 1 saturated heterocycles. The first-order valence-electron chi connectivity index (χ1n) is 14.6. The number of halogens is 2. The van der Waals surface area contributed by atoms with Crippen molar-refractivity contribution in [1.82, 2.24) is 15.2 Å². The van der Waals surface area contributed by atoms with Crippen LogP contribution in [0.15, 0.2) is 85.2 Å². The number of rotatable bonds is 8. The number of carbonyl (C=O) groups excluding carboxylic acids is 1. The summed E-state index contributed by atoms with van der Waals surface area (Å²) in [6.45, 7) is 4.53. The summed E-state index contributed by atoms with van der Waals surface area (Å²) in [5.74, 6) is 2.23. The van der Waals surface area contributed by atoms with E-state index >= 15 is 0 Å². The number of fused-ring (bicyclic) bond motifs is 1. The molecular weight excluding hydrogens is 583 g/mol. The Morgan fingerprint density at radius 2 is 1.65 bits per heavy atom. The smallest absolute Gasteiger partial charge is 0.319 e. The molecule has 1 atom stereocenters. The van der Waals surface area contributed by atoms with Gasteiger partial charge in [-0.2, -0.15) is 0 Å². The Morgan fingerprint density at radius 3 is 2.37 bits per heavy atom. The van der Waals surface area contributed by atoms with Crippen molar-refractivity contribution in [2.24, 2.45) is 5.92 Å². The van der Waals surface area contributed by atoms with Crippen LogP contribution in [0.3, 0.4) is 0 Å². The van der Waals surface area contributed by atoms with E-state index < -0.39 is 0 Å². The lowest BCUT2D eigenvalue weighted by Gasteiger charge is -2.36. The fraction of sp³-hybridized carbons (Fsp3) is 0.294. The van der Waals surface area contributed by atoms with Gasteiger partial charge in [-0.3, -0.25) is 9.88 Å². The van der Waals surface area contributed by atoms with E-state index in [4.69, 9.17) is 32.7 Å². The molecule has 222 valence electrons. The third-order valence-corrected chi connectivity index (χ3v) is 8.59. The molecule has 6 rings (SSSR count). The average molecular weight is 618 g/mol. The van der Waals surface area contributed by atoms with E-state index in [0.717, 1.165) is 55.1 Å². The Hall–Kier alpha value is -3.78. The van der Waals surface area contributed by atoms with Gasteiger partial charge in [0, 0.05) is 47.1 Å². The van der Waals surface area contributed by atoms with Crippen LogP contribution in [0.5, 0.6) is 11.5 Å². The number of ether oxygens (including phenoxy) is 2. The maximum absolute atomic E-state index is 12.9. The normalized spacial score (nSPS) is 16.0. The minimum Gasteiger partial charge on any atom is -0.486 e. The second kappa shape index (κ2) is 13.7. The molecule has 1 aromatic heterocycles. The van der Waals surface area contributed by atoms with Crippen molar-refractivity contribution >= 4 is 34.9 Å². The van der Waals surface area contributed by atoms with Crippen LogP contribution >= 0.6 is 23.2 Å². The number of hydrogen-bond acceptors (Lipinski definition) is 5. The van der Waals surface area contributed by atoms with Crippen LogP contribution in [-0.4, -0.2) is 48.8 Å². The quantitative estimate of drug-likeness (QED) is 0.213. The molecule has 9 heteroatoms. The molecule has 0 spiro atoms. The third-order valence-electron chi connectivity index (χ3n) is 8.15. The number of nitrogens with zero attached hydrogens (tertiary/aromatic N) is 2. The highest BCUT2D eigenvalue weighted by Crippen LogP contribution is 2.35. The van der Waals surface area contributed by atoms with Crippen molar-refractivity contribution in [2.45, 2.75) is 25.3 Å². The molecule has 1 fully saturated rings. The highest BCUT2D eigenvalue weighted by atomic mass is 35.5. The molecular formula is C34H34Cl2N4O3. The van der Waals surface area contributed by atoms with E-state index in [2.05, 4.69) is 63.0 Å². The summed E-state index contributed by atoms with van der Waals surface area (Å²) in [6.07, 6.45) is 5.72. The van der Waals surface area contributed by atoms with Gasteiger partial charge in [0.2, 0.25) is 0 Å². The first-order valence-corrected chi connectivity index (χ1v) is 15.4. The summed E-state index contributed by atoms with van der Waals surface area (Å²) in [5, 5.41) is 6.91. The first-order chi connectivity index (χ1) is 21.0. The predicted octanol–water partition coefficient (Wildman–Crippen LogP) is 7.64. The molecule has 1 unspecified atom stereocenters. The molecule has 4 aromatic rings. The second-order valence-corrected chi connectivity index (χ2v) is 11.9. The summed E-state index contributed by atoms with van der Waals surface area (Å²) in [6, 6.07) is 23.6. The van der Waals surface area contributed by atoms with Crippen LogP contribution in [0.25, 0.3) is 11.1 Å². The zero-order valence-electron chi connectivity index (χ0n) is 23.8. The minimum atomic E-state index is -0.286. The number of pyridine rings is 1. The fourth-order valence-corrected chi connectivity index (χ4v) is 6.50. The van der Waals surface area contributed by atoms with Gasteiger partial charge in [-0.1, -0.05) is 59.6 Å². The van der Waals surface area contributed by atoms with E-state index in [1.54, 1.807) is 24.4 Å². The molecule has 2 amide bonds. The van der Waals surface area contributed by atoms with Crippen molar-refractivity contribution in [3.8, 4) is 22.6 Å². The van der Waals surface area contributed by atoms with Gasteiger partial charge in [-0.15, -0.1) is 0 Å². The topological polar surface area (TPSA) is 75.7 Å². The summed E-state index contributed by atoms with van der Waals surface area (Å²) in [4.78, 5) is 19.7. The molecule has 7 nitrogen and oxygen atoms in total. The van der Waals surface area contributed by atoms with E-state index in [1.807, 2.05) is 18.3 Å². The van der Waals surface area contributed by atoms with Crippen molar-refractivity contribution in [3.05, 3.63) is 106 Å². The predicted molar refractivity (Wildman–Crippen MR) is 171 cm³/mol. The van der Waals surface area contributed by atoms with Crippen LogP contribution < -0.4 is 20.1 Å². The highest BCUT2D eigenvalue weighted by molar-refractivity contribution is 6.35. The molecule has 2 N–H and O–H groups in total. The van der Waals surface area contributed by atoms with Gasteiger partial charge in [0.05, 0.1) is 0 Å². The van der Waals surface area contributed by atoms with Gasteiger partial charge in [-0.25, -0.2) is 4.79 Å². The van der Waals surface area contributed by atoms with E-state index in [-0.39, 0.29) is 11.9 Å². The van der Waals surface area contributed by atoms with E-state index in [9.17, 15) is 4.79 Å². The second-order valence-electron chi connectivity index (χ2n) is 11.1. The lowest BCUT2D eigenvalue weighted by atomic mass is 9.79. The number of benzene rings is 3. The van der Waals surface area contributed by atoms with Gasteiger partial charge in [-0.05, 0) is 90.5 Å². The van der Waals surface area contributed by atoms with Gasteiger partial charge in [0.25, 0.3) is 0 Å². The highest BCUT2D eigenvalue weighted by Gasteiger charge is 2.28. The number of likely N-dealkylation sites (tertiary alicyclic amines) is 1. The standard InChI is InChI=1S/C34H34Cl2N4O3/c35-28-17-29(36)19-30(18-28)39-34(41)38-21-31(25-6-4-24(5-7-25)27-2-1-11-37-20-27)26-9-12-40(13-10-26)22-23-3-8-32-33(16-23)43-15-14-42-32/h1-8,11,16-20,26,31H,9-10,12-15,21-22H2,(H2,38,39,41). The summed E-state index contributed by atoms with van der Waals surface area (Å²) >= 11 is 12.2. The third kappa shape index (κ3) is 7.60. The van der Waals surface area contributed by atoms with E-state index in [0.29, 0.717) is 41.4 Å². The number of urea groups is 1. The van der Waals surface area contributed by atoms with Crippen LogP contribution in [0.4, 0.5) is 10.5 Å². The molecule has 3 heterocycles. The summed E-state index contributed by atoms with van der Waals surface area (Å²) in [7, 11) is 0. The van der Waals surface area contributed by atoms with Crippen molar-refractivity contribution < 1.29 is 14.3 Å².